The summed E-state index contributed by atoms with van der Waals surface area (Å²) in [7, 11) is -6.77. The molecule has 4 aromatic heterocycles. The number of piperazine rings is 1. The van der Waals surface area contributed by atoms with Crippen molar-refractivity contribution in [1.82, 2.24) is 35.1 Å². The van der Waals surface area contributed by atoms with Gasteiger partial charge in [-0.05, 0) is 39.3 Å². The Bertz CT molecular complexity index is 1730. The van der Waals surface area contributed by atoms with E-state index in [4.69, 9.17) is 11.6 Å². The molecule has 0 atom stereocenters. The molecule has 0 aromatic carbocycles. The summed E-state index contributed by atoms with van der Waals surface area (Å²) >= 11 is 7.70. The normalized spacial score (nSPS) is 14.3. The second-order valence-corrected chi connectivity index (χ2v) is 17.0. The lowest BCUT2D eigenvalue weighted by molar-refractivity contribution is 0.583. The largest absolute Gasteiger partial charge is 0.353 e. The van der Waals surface area contributed by atoms with E-state index in [1.165, 1.54) is 50.9 Å². The van der Waals surface area contributed by atoms with E-state index in [-0.39, 0.29) is 33.1 Å². The van der Waals surface area contributed by atoms with Crippen LogP contribution in [-0.4, -0.2) is 88.3 Å². The number of pyridine rings is 1. The van der Waals surface area contributed by atoms with Gasteiger partial charge >= 0.3 is 0 Å². The van der Waals surface area contributed by atoms with Gasteiger partial charge in [0.2, 0.25) is 26.0 Å². The summed E-state index contributed by atoms with van der Waals surface area (Å²) in [6.07, 6.45) is 4.44. The maximum Gasteiger partial charge on any atom is 0.231 e. The molecule has 18 heteroatoms. The van der Waals surface area contributed by atoms with E-state index in [1.54, 1.807) is 6.20 Å². The Morgan fingerprint density at radius 2 is 1.69 bits per heavy atom. The Kier molecular flexibility index (Phi) is 8.60. The van der Waals surface area contributed by atoms with Crippen LogP contribution in [0.5, 0.6) is 0 Å². The highest BCUT2D eigenvalue weighted by atomic mass is 35.5. The number of nitrogens with zero attached hydrogens (tertiary/aromatic N) is 9. The standard InChI is InChI=1S/C24H29ClN11O3PS2/c1-15(2)42(38,39)21-20(27-14-18(29-21)40(3,4)37)30-19-16(25)13-28-22(31-19)32-23-33-34-24(41-23)36-11-9-35(10-12-36)17-7-5-6-8-26-17/h5-8,13-15H,9-12H2,1-4H3,(H2,27,28,30,31,32,33). The molecule has 5 heterocycles. The molecule has 5 rings (SSSR count). The summed E-state index contributed by atoms with van der Waals surface area (Å²) in [5.74, 6) is 1.13. The molecule has 2 N–H and O–H groups in total. The Morgan fingerprint density at radius 1 is 0.952 bits per heavy atom. The van der Waals surface area contributed by atoms with Gasteiger partial charge in [-0.1, -0.05) is 29.0 Å². The van der Waals surface area contributed by atoms with Gasteiger partial charge in [0.25, 0.3) is 0 Å². The Hall–Kier alpha value is -3.46. The van der Waals surface area contributed by atoms with E-state index in [9.17, 15) is 13.0 Å². The smallest absolute Gasteiger partial charge is 0.231 e. The third-order valence-electron chi connectivity index (χ3n) is 6.31. The SMILES string of the molecule is CC(C)S(=O)(=O)c1nc(P(C)(C)=O)cnc1Nc1nc(Nc2nnc(N3CCN(c4ccccn4)CC3)s2)ncc1Cl. The molecule has 0 amide bonds. The zero-order chi connectivity index (χ0) is 30.1. The Morgan fingerprint density at radius 3 is 2.36 bits per heavy atom. The minimum absolute atomic E-state index is 0.0875. The van der Waals surface area contributed by atoms with Gasteiger partial charge in [-0.3, -0.25) is 5.32 Å². The van der Waals surface area contributed by atoms with E-state index in [0.29, 0.717) is 5.13 Å². The lowest BCUT2D eigenvalue weighted by Gasteiger charge is -2.34. The molecule has 0 spiro atoms. The minimum atomic E-state index is -3.90. The van der Waals surface area contributed by atoms with Crippen LogP contribution in [-0.2, 0) is 14.4 Å². The summed E-state index contributed by atoms with van der Waals surface area (Å²) in [4.78, 5) is 25.9. The maximum absolute atomic E-state index is 13.1. The molecule has 222 valence electrons. The average Bonchev–Trinajstić information content (AvgIpc) is 3.43. The fourth-order valence-electron chi connectivity index (χ4n) is 3.91. The molecular weight excluding hydrogens is 621 g/mol. The van der Waals surface area contributed by atoms with Crippen molar-refractivity contribution in [1.29, 1.82) is 0 Å². The molecule has 14 nitrogen and oxygen atoms in total. The van der Waals surface area contributed by atoms with Crippen LogP contribution in [0.1, 0.15) is 13.8 Å². The topological polar surface area (TPSA) is 172 Å². The van der Waals surface area contributed by atoms with Crippen molar-refractivity contribution in [2.75, 3.05) is 59.9 Å². The van der Waals surface area contributed by atoms with Crippen molar-refractivity contribution in [2.45, 2.75) is 24.1 Å². The van der Waals surface area contributed by atoms with Crippen molar-refractivity contribution in [3.05, 3.63) is 41.8 Å². The number of anilines is 6. The van der Waals surface area contributed by atoms with Crippen molar-refractivity contribution in [2.24, 2.45) is 0 Å². The second-order valence-electron chi connectivity index (χ2n) is 10.0. The maximum atomic E-state index is 13.1. The molecular formula is C24H29ClN11O3PS2. The van der Waals surface area contributed by atoms with Crippen LogP contribution >= 0.6 is 30.1 Å². The van der Waals surface area contributed by atoms with Crippen LogP contribution in [0.3, 0.4) is 0 Å². The van der Waals surface area contributed by atoms with Crippen LogP contribution in [0.25, 0.3) is 0 Å². The lowest BCUT2D eigenvalue weighted by atomic mass is 10.3. The fraction of sp³-hybridized carbons (Fsp3) is 0.375. The number of hydrogen-bond acceptors (Lipinski definition) is 15. The van der Waals surface area contributed by atoms with Gasteiger partial charge < -0.3 is 19.7 Å². The number of halogens is 1. The first-order valence-electron chi connectivity index (χ1n) is 12.9. The molecule has 0 bridgehead atoms. The minimum Gasteiger partial charge on any atom is -0.353 e. The van der Waals surface area contributed by atoms with E-state index in [2.05, 4.69) is 55.6 Å². The molecule has 0 aliphatic carbocycles. The molecule has 1 aliphatic rings. The van der Waals surface area contributed by atoms with Crippen LogP contribution in [0.4, 0.5) is 33.7 Å². The van der Waals surface area contributed by atoms with Crippen LogP contribution in [0, 0.1) is 0 Å². The molecule has 1 saturated heterocycles. The molecule has 4 aromatic rings. The highest BCUT2D eigenvalue weighted by molar-refractivity contribution is 7.92. The highest BCUT2D eigenvalue weighted by Gasteiger charge is 2.29. The van der Waals surface area contributed by atoms with Crippen molar-refractivity contribution in [3.8, 4) is 0 Å². The summed E-state index contributed by atoms with van der Waals surface area (Å²) in [6, 6.07) is 5.87. The van der Waals surface area contributed by atoms with Crippen LogP contribution < -0.4 is 25.9 Å². The number of nitrogens with one attached hydrogen (secondary N) is 2. The highest BCUT2D eigenvalue weighted by Crippen LogP contribution is 2.35. The van der Waals surface area contributed by atoms with Crippen molar-refractivity contribution < 1.29 is 13.0 Å². The van der Waals surface area contributed by atoms with Gasteiger partial charge in [0, 0.05) is 32.4 Å². The quantitative estimate of drug-likeness (QED) is 0.253. The molecule has 1 aliphatic heterocycles. The third kappa shape index (κ3) is 6.61. The predicted molar refractivity (Wildman–Crippen MR) is 166 cm³/mol. The van der Waals surface area contributed by atoms with Gasteiger partial charge in [-0.15, -0.1) is 10.2 Å². The monoisotopic (exact) mass is 649 g/mol. The van der Waals surface area contributed by atoms with Gasteiger partial charge in [0.05, 0.1) is 17.6 Å². The van der Waals surface area contributed by atoms with Gasteiger partial charge in [-0.25, -0.2) is 28.4 Å². The van der Waals surface area contributed by atoms with Gasteiger partial charge in [0.1, 0.15) is 23.4 Å². The third-order valence-corrected chi connectivity index (χ3v) is 10.9. The van der Waals surface area contributed by atoms with Crippen LogP contribution in [0.15, 0.2) is 41.8 Å². The predicted octanol–water partition coefficient (Wildman–Crippen LogP) is 3.41. The fourth-order valence-corrected chi connectivity index (χ4v) is 6.63. The van der Waals surface area contributed by atoms with E-state index in [0.717, 1.165) is 37.1 Å². The van der Waals surface area contributed by atoms with Crippen molar-refractivity contribution >= 4 is 79.0 Å². The van der Waals surface area contributed by atoms with Crippen LogP contribution in [0.2, 0.25) is 5.02 Å². The molecule has 0 saturated carbocycles. The number of aromatic nitrogens is 7. The van der Waals surface area contributed by atoms with E-state index < -0.39 is 22.2 Å². The second kappa shape index (κ2) is 12.0. The van der Waals surface area contributed by atoms with E-state index >= 15 is 0 Å². The Balaban J connectivity index is 1.32. The molecule has 1 fully saturated rings. The molecule has 0 unspecified atom stereocenters. The lowest BCUT2D eigenvalue weighted by Crippen LogP contribution is -2.46. The first-order chi connectivity index (χ1) is 19.9. The average molecular weight is 650 g/mol. The Labute approximate surface area is 252 Å². The summed E-state index contributed by atoms with van der Waals surface area (Å²) in [5.41, 5.74) is 0.105. The number of sulfone groups is 1. The summed E-state index contributed by atoms with van der Waals surface area (Å²) < 4.78 is 38.8. The first-order valence-corrected chi connectivity index (χ1v) is 18.2. The van der Waals surface area contributed by atoms with Gasteiger partial charge in [-0.2, -0.15) is 4.98 Å². The summed E-state index contributed by atoms with van der Waals surface area (Å²) in [6.45, 7) is 9.20. The van der Waals surface area contributed by atoms with Crippen molar-refractivity contribution in [3.63, 3.8) is 0 Å². The molecule has 42 heavy (non-hydrogen) atoms. The molecule has 0 radical (unpaired) electrons. The number of rotatable bonds is 9. The van der Waals surface area contributed by atoms with Gasteiger partial charge in [0.15, 0.2) is 16.7 Å². The zero-order valence-corrected chi connectivity index (χ0v) is 26.5. The summed E-state index contributed by atoms with van der Waals surface area (Å²) in [5, 5.41) is 14.7. The van der Waals surface area contributed by atoms with E-state index in [1.807, 2.05) is 18.2 Å². The number of hydrogen-bond donors (Lipinski definition) is 2. The first kappa shape index (κ1) is 30.0. The zero-order valence-electron chi connectivity index (χ0n) is 23.3.